The maximum atomic E-state index is 12.4. The molecule has 13 nitrogen and oxygen atoms in total. The maximum Gasteiger partial charge on any atom is 0.245 e. The molecule has 0 aliphatic carbocycles. The standard InChI is InChI=1S/C29H45N5O8/c1-16(2)22-19(26(34-33-22)42-27-25(39)24(38)23(37)20(15-35)41-27)14-18-10-8-17(9-11-18)6-5-7-21(36)32-29(3,4)28(40)31-13-12-30/h8-11,16,20,23-25,27,35,37-39H,5-7,12-15,30H2,1-4H3,(H,31,40)(H,32,36)(H,33,34)/t20-,23+,24+,25-,27+/m1/s1. The van der Waals surface area contributed by atoms with Gasteiger partial charge in [0, 0.05) is 37.2 Å². The Balaban J connectivity index is 1.60. The number of carbonyl (C=O) groups is 2. The summed E-state index contributed by atoms with van der Waals surface area (Å²) < 4.78 is 11.3. The lowest BCUT2D eigenvalue weighted by Gasteiger charge is -2.39. The molecule has 1 fully saturated rings. The van der Waals surface area contributed by atoms with E-state index in [1.54, 1.807) is 13.8 Å². The molecule has 2 heterocycles. The van der Waals surface area contributed by atoms with E-state index in [9.17, 15) is 30.0 Å². The SMILES string of the molecule is CC(C)c1[nH]nc(O[C@@H]2O[C@H](CO)[C@H](O)[C@H](O)[C@H]2O)c1Cc1ccc(CCCC(=O)NC(C)(C)C(=O)NCCN)cc1. The van der Waals surface area contributed by atoms with E-state index < -0.39 is 42.9 Å². The number of hydrogen-bond acceptors (Lipinski definition) is 10. The molecule has 1 aliphatic heterocycles. The van der Waals surface area contributed by atoms with Crippen LogP contribution in [0.4, 0.5) is 0 Å². The van der Waals surface area contributed by atoms with E-state index in [0.29, 0.717) is 32.4 Å². The zero-order valence-electron chi connectivity index (χ0n) is 24.7. The molecule has 2 amide bonds. The predicted molar refractivity (Wildman–Crippen MR) is 154 cm³/mol. The topological polar surface area (TPSA) is 212 Å². The third-order valence-electron chi connectivity index (χ3n) is 7.24. The molecule has 0 unspecified atom stereocenters. The summed E-state index contributed by atoms with van der Waals surface area (Å²) in [6.07, 6.45) is -4.98. The largest absolute Gasteiger partial charge is 0.443 e. The number of aromatic amines is 1. The molecule has 0 spiro atoms. The van der Waals surface area contributed by atoms with Crippen molar-refractivity contribution < 1.29 is 39.5 Å². The van der Waals surface area contributed by atoms with E-state index in [2.05, 4.69) is 20.8 Å². The zero-order chi connectivity index (χ0) is 31.0. The lowest BCUT2D eigenvalue weighted by molar-refractivity contribution is -0.278. The van der Waals surface area contributed by atoms with E-state index in [-0.39, 0.29) is 30.0 Å². The molecular weight excluding hydrogens is 546 g/mol. The summed E-state index contributed by atoms with van der Waals surface area (Å²) in [5, 5.41) is 52.8. The molecule has 5 atom stereocenters. The molecule has 2 aromatic rings. The Hall–Kier alpha value is -3.07. The van der Waals surface area contributed by atoms with Crippen LogP contribution in [0, 0.1) is 0 Å². The zero-order valence-corrected chi connectivity index (χ0v) is 24.7. The molecule has 1 aromatic carbocycles. The van der Waals surface area contributed by atoms with Gasteiger partial charge in [0.2, 0.25) is 24.0 Å². The molecule has 3 rings (SSSR count). The van der Waals surface area contributed by atoms with Gasteiger partial charge in [0.15, 0.2) is 0 Å². The Kier molecular flexibility index (Phi) is 11.9. The quantitative estimate of drug-likeness (QED) is 0.142. The molecule has 0 radical (unpaired) electrons. The van der Waals surface area contributed by atoms with Gasteiger partial charge in [-0.15, -0.1) is 5.10 Å². The normalized spacial score (nSPS) is 22.7. The van der Waals surface area contributed by atoms with Crippen LogP contribution in [-0.4, -0.2) is 98.4 Å². The highest BCUT2D eigenvalue weighted by atomic mass is 16.7. The number of nitrogens with one attached hydrogen (secondary N) is 3. The van der Waals surface area contributed by atoms with Gasteiger partial charge in [-0.2, -0.15) is 0 Å². The summed E-state index contributed by atoms with van der Waals surface area (Å²) in [6, 6.07) is 7.94. The van der Waals surface area contributed by atoms with E-state index in [4.69, 9.17) is 15.2 Å². The van der Waals surface area contributed by atoms with Crippen molar-refractivity contribution in [2.75, 3.05) is 19.7 Å². The monoisotopic (exact) mass is 591 g/mol. The highest BCUT2D eigenvalue weighted by molar-refractivity contribution is 5.90. The van der Waals surface area contributed by atoms with Crippen molar-refractivity contribution in [3.05, 3.63) is 46.6 Å². The van der Waals surface area contributed by atoms with Crippen LogP contribution in [0.15, 0.2) is 24.3 Å². The van der Waals surface area contributed by atoms with Gasteiger partial charge in [-0.3, -0.25) is 14.7 Å². The average molecular weight is 592 g/mol. The number of H-pyrrole nitrogens is 1. The van der Waals surface area contributed by atoms with Crippen molar-refractivity contribution >= 4 is 11.8 Å². The predicted octanol–water partition coefficient (Wildman–Crippen LogP) is -0.405. The molecule has 13 heteroatoms. The molecule has 1 aliphatic rings. The molecule has 234 valence electrons. The first-order chi connectivity index (χ1) is 19.9. The number of ether oxygens (including phenoxy) is 2. The minimum Gasteiger partial charge on any atom is -0.443 e. The fraction of sp³-hybridized carbons (Fsp3) is 0.621. The first-order valence-corrected chi connectivity index (χ1v) is 14.3. The Labute approximate surface area is 245 Å². The van der Waals surface area contributed by atoms with Crippen molar-refractivity contribution in [1.29, 1.82) is 0 Å². The van der Waals surface area contributed by atoms with Crippen LogP contribution in [0.1, 0.15) is 68.8 Å². The number of nitrogens with zero attached hydrogens (tertiary/aromatic N) is 1. The summed E-state index contributed by atoms with van der Waals surface area (Å²) in [6.45, 7) is 7.42. The van der Waals surface area contributed by atoms with Gasteiger partial charge in [-0.1, -0.05) is 38.1 Å². The lowest BCUT2D eigenvalue weighted by atomic mass is 9.97. The third kappa shape index (κ3) is 8.49. The minimum absolute atomic E-state index is 0.0850. The van der Waals surface area contributed by atoms with Crippen molar-refractivity contribution in [2.45, 2.75) is 95.5 Å². The Morgan fingerprint density at radius 2 is 1.79 bits per heavy atom. The first kappa shape index (κ1) is 33.4. The first-order valence-electron chi connectivity index (χ1n) is 14.3. The van der Waals surface area contributed by atoms with Crippen LogP contribution in [-0.2, 0) is 27.2 Å². The van der Waals surface area contributed by atoms with Crippen LogP contribution < -0.4 is 21.1 Å². The molecule has 1 aromatic heterocycles. The fourth-order valence-corrected chi connectivity index (χ4v) is 4.74. The number of aromatic nitrogens is 2. The van der Waals surface area contributed by atoms with Gasteiger partial charge in [0.1, 0.15) is 30.0 Å². The number of aryl methyl sites for hydroxylation is 1. The highest BCUT2D eigenvalue weighted by Gasteiger charge is 2.45. The number of aliphatic hydroxyl groups is 4. The van der Waals surface area contributed by atoms with Crippen LogP contribution >= 0.6 is 0 Å². The average Bonchev–Trinajstić information content (AvgIpc) is 3.34. The Morgan fingerprint density at radius 3 is 2.40 bits per heavy atom. The summed E-state index contributed by atoms with van der Waals surface area (Å²) in [7, 11) is 0. The van der Waals surface area contributed by atoms with Gasteiger partial charge in [-0.25, -0.2) is 0 Å². The van der Waals surface area contributed by atoms with E-state index in [1.165, 1.54) is 0 Å². The van der Waals surface area contributed by atoms with E-state index in [0.717, 1.165) is 22.4 Å². The second-order valence-electron chi connectivity index (χ2n) is 11.5. The van der Waals surface area contributed by atoms with Gasteiger partial charge in [-0.05, 0) is 43.7 Å². The summed E-state index contributed by atoms with van der Waals surface area (Å²) in [5.41, 5.74) is 8.02. The van der Waals surface area contributed by atoms with Crippen LogP contribution in [0.2, 0.25) is 0 Å². The highest BCUT2D eigenvalue weighted by Crippen LogP contribution is 2.31. The maximum absolute atomic E-state index is 12.4. The van der Waals surface area contributed by atoms with Crippen LogP contribution in [0.3, 0.4) is 0 Å². The molecule has 1 saturated heterocycles. The third-order valence-corrected chi connectivity index (χ3v) is 7.24. The Morgan fingerprint density at radius 1 is 1.12 bits per heavy atom. The van der Waals surface area contributed by atoms with E-state index in [1.807, 2.05) is 38.1 Å². The smallest absolute Gasteiger partial charge is 0.245 e. The Bertz CT molecular complexity index is 1170. The number of carbonyl (C=O) groups excluding carboxylic acids is 2. The second-order valence-corrected chi connectivity index (χ2v) is 11.5. The molecule has 9 N–H and O–H groups in total. The number of rotatable bonds is 14. The molecular formula is C29H45N5O8. The van der Waals surface area contributed by atoms with Gasteiger partial charge >= 0.3 is 0 Å². The lowest BCUT2D eigenvalue weighted by Crippen LogP contribution is -2.60. The number of amides is 2. The van der Waals surface area contributed by atoms with Crippen molar-refractivity contribution in [1.82, 2.24) is 20.8 Å². The van der Waals surface area contributed by atoms with Crippen LogP contribution in [0.25, 0.3) is 0 Å². The fourth-order valence-electron chi connectivity index (χ4n) is 4.74. The minimum atomic E-state index is -1.56. The summed E-state index contributed by atoms with van der Waals surface area (Å²) >= 11 is 0. The van der Waals surface area contributed by atoms with Crippen molar-refractivity contribution in [3.63, 3.8) is 0 Å². The van der Waals surface area contributed by atoms with Gasteiger partial charge in [0.25, 0.3) is 0 Å². The number of benzene rings is 1. The molecule has 0 bridgehead atoms. The van der Waals surface area contributed by atoms with E-state index >= 15 is 0 Å². The second kappa shape index (κ2) is 14.9. The van der Waals surface area contributed by atoms with Crippen molar-refractivity contribution in [2.24, 2.45) is 5.73 Å². The van der Waals surface area contributed by atoms with Crippen molar-refractivity contribution in [3.8, 4) is 5.88 Å². The summed E-state index contributed by atoms with van der Waals surface area (Å²) in [5.74, 6) is -0.205. The van der Waals surface area contributed by atoms with Crippen LogP contribution in [0.5, 0.6) is 5.88 Å². The summed E-state index contributed by atoms with van der Waals surface area (Å²) in [4.78, 5) is 24.6. The number of aliphatic hydroxyl groups excluding tert-OH is 4. The number of nitrogens with two attached hydrogens (primary N) is 1. The van der Waals surface area contributed by atoms with Gasteiger partial charge < -0.3 is 46.3 Å². The molecule has 0 saturated carbocycles. The van der Waals surface area contributed by atoms with Gasteiger partial charge in [0.05, 0.1) is 6.61 Å². The molecule has 42 heavy (non-hydrogen) atoms. The number of hydrogen-bond donors (Lipinski definition) is 8.